The van der Waals surface area contributed by atoms with Crippen molar-refractivity contribution >= 4 is 18.7 Å². The van der Waals surface area contributed by atoms with Crippen molar-refractivity contribution in [2.45, 2.75) is 82.6 Å². The average molecular weight is 548 g/mol. The molecule has 2 atom stereocenters. The van der Waals surface area contributed by atoms with Crippen molar-refractivity contribution in [3.63, 3.8) is 0 Å². The van der Waals surface area contributed by atoms with Crippen LogP contribution in [0.2, 0.25) is 0 Å². The van der Waals surface area contributed by atoms with E-state index < -0.39 is 0 Å². The first-order valence-electron chi connectivity index (χ1n) is 15.0. The van der Waals surface area contributed by atoms with Gasteiger partial charge in [-0.05, 0) is 86.7 Å². The number of carbonyl (C=O) groups excluding carboxylic acids is 1. The van der Waals surface area contributed by atoms with Crippen LogP contribution < -0.4 is 5.46 Å². The lowest BCUT2D eigenvalue weighted by Gasteiger charge is -2.33. The summed E-state index contributed by atoms with van der Waals surface area (Å²) in [6.45, 7) is 8.71. The van der Waals surface area contributed by atoms with Crippen molar-refractivity contribution < 1.29 is 18.8 Å². The summed E-state index contributed by atoms with van der Waals surface area (Å²) in [5.74, 6) is 0.0798. The molecule has 3 heterocycles. The van der Waals surface area contributed by atoms with E-state index in [4.69, 9.17) is 14.0 Å². The second-order valence-electron chi connectivity index (χ2n) is 13.0. The molecule has 4 aliphatic rings. The Kier molecular flexibility index (Phi) is 6.40. The van der Waals surface area contributed by atoms with Crippen LogP contribution in [0.4, 0.5) is 4.79 Å². The standard InChI is InChI=1S/C35H38BNO4/c1-34(2)35(3,4)41-36(40-34)25-11-9-10-23(19-25)18-24-20-26-16-17-27(21-24)37(26)33(38)39-22-32-30-14-7-5-12-28(30)29-13-6-8-15-31(29)32/h5-15,19-20,26-27,32H,16-18,21-22H2,1-4H3. The van der Waals surface area contributed by atoms with E-state index >= 15 is 0 Å². The Bertz CT molecular complexity index is 1470. The van der Waals surface area contributed by atoms with Gasteiger partial charge in [-0.1, -0.05) is 84.4 Å². The molecule has 2 fully saturated rings. The largest absolute Gasteiger partial charge is 0.494 e. The molecule has 41 heavy (non-hydrogen) atoms. The molecule has 0 aromatic heterocycles. The molecule has 7 rings (SSSR count). The molecule has 2 saturated heterocycles. The predicted molar refractivity (Wildman–Crippen MR) is 162 cm³/mol. The van der Waals surface area contributed by atoms with E-state index in [1.54, 1.807) is 0 Å². The van der Waals surface area contributed by atoms with E-state index in [1.807, 2.05) is 4.90 Å². The molecule has 1 aliphatic carbocycles. The molecule has 0 saturated carbocycles. The molecule has 2 unspecified atom stereocenters. The van der Waals surface area contributed by atoms with E-state index in [9.17, 15) is 4.79 Å². The van der Waals surface area contributed by atoms with Crippen molar-refractivity contribution in [2.75, 3.05) is 6.61 Å². The smallest absolute Gasteiger partial charge is 0.448 e. The van der Waals surface area contributed by atoms with Gasteiger partial charge in [0.15, 0.2) is 0 Å². The lowest BCUT2D eigenvalue weighted by Crippen LogP contribution is -2.44. The van der Waals surface area contributed by atoms with Gasteiger partial charge in [-0.3, -0.25) is 4.90 Å². The van der Waals surface area contributed by atoms with Gasteiger partial charge < -0.3 is 14.0 Å². The predicted octanol–water partition coefficient (Wildman–Crippen LogP) is 6.64. The molecule has 0 spiro atoms. The molecule has 0 radical (unpaired) electrons. The zero-order valence-corrected chi connectivity index (χ0v) is 24.4. The lowest BCUT2D eigenvalue weighted by molar-refractivity contribution is 0.00578. The first kappa shape index (κ1) is 26.5. The van der Waals surface area contributed by atoms with Gasteiger partial charge in [0.1, 0.15) is 6.61 Å². The van der Waals surface area contributed by atoms with Crippen LogP contribution in [0.5, 0.6) is 0 Å². The Morgan fingerprint density at radius 2 is 1.56 bits per heavy atom. The highest BCUT2D eigenvalue weighted by molar-refractivity contribution is 6.62. The maximum atomic E-state index is 13.4. The Labute approximate surface area is 243 Å². The summed E-state index contributed by atoms with van der Waals surface area (Å²) in [4.78, 5) is 15.4. The summed E-state index contributed by atoms with van der Waals surface area (Å²) in [6.07, 6.45) is 5.90. The third-order valence-electron chi connectivity index (χ3n) is 9.93. The van der Waals surface area contributed by atoms with Crippen LogP contribution in [0.15, 0.2) is 84.4 Å². The van der Waals surface area contributed by atoms with E-state index in [-0.39, 0.29) is 42.4 Å². The first-order chi connectivity index (χ1) is 19.7. The maximum absolute atomic E-state index is 13.4. The first-order valence-corrected chi connectivity index (χ1v) is 15.0. The number of benzene rings is 3. The number of hydrogen-bond donors (Lipinski definition) is 0. The van der Waals surface area contributed by atoms with E-state index in [0.29, 0.717) is 6.61 Å². The Hall–Kier alpha value is -3.35. The second kappa shape index (κ2) is 9.89. The fourth-order valence-corrected chi connectivity index (χ4v) is 7.09. The van der Waals surface area contributed by atoms with Crippen LogP contribution in [0.1, 0.15) is 69.6 Å². The van der Waals surface area contributed by atoms with Gasteiger partial charge in [-0.2, -0.15) is 0 Å². The summed E-state index contributed by atoms with van der Waals surface area (Å²) in [7, 11) is -0.361. The summed E-state index contributed by atoms with van der Waals surface area (Å²) >= 11 is 0. The topological polar surface area (TPSA) is 48.0 Å². The minimum Gasteiger partial charge on any atom is -0.448 e. The van der Waals surface area contributed by atoms with Gasteiger partial charge in [-0.25, -0.2) is 4.79 Å². The number of hydrogen-bond acceptors (Lipinski definition) is 4. The number of amides is 1. The number of nitrogens with zero attached hydrogens (tertiary/aromatic N) is 1. The Balaban J connectivity index is 1.02. The molecule has 210 valence electrons. The molecule has 3 aromatic carbocycles. The zero-order chi connectivity index (χ0) is 28.4. The highest BCUT2D eigenvalue weighted by Gasteiger charge is 2.51. The number of ether oxygens (including phenoxy) is 1. The molecule has 3 aliphatic heterocycles. The monoisotopic (exact) mass is 547 g/mol. The second-order valence-corrected chi connectivity index (χ2v) is 13.0. The third kappa shape index (κ3) is 4.62. The number of fused-ring (bicyclic) bond motifs is 5. The van der Waals surface area contributed by atoms with Crippen LogP contribution in [0.3, 0.4) is 0 Å². The van der Waals surface area contributed by atoms with Crippen LogP contribution in [-0.2, 0) is 20.5 Å². The normalized spacial score (nSPS) is 23.8. The molecule has 5 nitrogen and oxygen atoms in total. The highest BCUT2D eigenvalue weighted by Crippen LogP contribution is 2.45. The summed E-state index contributed by atoms with van der Waals surface area (Å²) in [6, 6.07) is 25.8. The molecule has 0 N–H and O–H groups in total. The fraction of sp³-hybridized carbons (Fsp3) is 0.400. The third-order valence-corrected chi connectivity index (χ3v) is 9.93. The number of rotatable bonds is 5. The molecular weight excluding hydrogens is 509 g/mol. The van der Waals surface area contributed by atoms with Crippen LogP contribution >= 0.6 is 0 Å². The molecule has 2 bridgehead atoms. The van der Waals surface area contributed by atoms with Crippen molar-refractivity contribution in [3.8, 4) is 11.1 Å². The van der Waals surface area contributed by atoms with Gasteiger partial charge in [0.05, 0.1) is 17.2 Å². The van der Waals surface area contributed by atoms with Gasteiger partial charge in [-0.15, -0.1) is 0 Å². The van der Waals surface area contributed by atoms with Crippen molar-refractivity contribution in [3.05, 3.63) is 101 Å². The van der Waals surface area contributed by atoms with E-state index in [0.717, 1.165) is 31.1 Å². The molecule has 1 amide bonds. The summed E-state index contributed by atoms with van der Waals surface area (Å²) in [5, 5.41) is 0. The minimum atomic E-state index is -0.361. The maximum Gasteiger partial charge on any atom is 0.494 e. The molecule has 6 heteroatoms. The lowest BCUT2D eigenvalue weighted by atomic mass is 9.78. The molecular formula is C35H38BNO4. The van der Waals surface area contributed by atoms with Gasteiger partial charge in [0, 0.05) is 12.0 Å². The minimum absolute atomic E-state index is 0.0798. The summed E-state index contributed by atoms with van der Waals surface area (Å²) in [5.41, 5.74) is 7.96. The van der Waals surface area contributed by atoms with Gasteiger partial charge in [0.2, 0.25) is 0 Å². The van der Waals surface area contributed by atoms with Crippen molar-refractivity contribution in [1.29, 1.82) is 0 Å². The van der Waals surface area contributed by atoms with Crippen LogP contribution in [0, 0.1) is 0 Å². The van der Waals surface area contributed by atoms with E-state index in [1.165, 1.54) is 33.4 Å². The highest BCUT2D eigenvalue weighted by atomic mass is 16.7. The fourth-order valence-electron chi connectivity index (χ4n) is 7.09. The molecule has 3 aromatic rings. The van der Waals surface area contributed by atoms with Gasteiger partial charge >= 0.3 is 13.2 Å². The average Bonchev–Trinajstić information content (AvgIpc) is 3.50. The van der Waals surface area contributed by atoms with Crippen LogP contribution in [0.25, 0.3) is 11.1 Å². The SMILES string of the molecule is CC1(C)OB(c2cccc(CC3=CC4CCC(C3)N4C(=O)OCC3c4ccccc4-c4ccccc43)c2)OC1(C)C. The Morgan fingerprint density at radius 1 is 0.902 bits per heavy atom. The van der Waals surface area contributed by atoms with E-state index in [2.05, 4.69) is 107 Å². The zero-order valence-electron chi connectivity index (χ0n) is 24.4. The number of carbonyl (C=O) groups is 1. The quantitative estimate of drug-likeness (QED) is 0.266. The Morgan fingerprint density at radius 3 is 2.22 bits per heavy atom. The van der Waals surface area contributed by atoms with Crippen molar-refractivity contribution in [2.24, 2.45) is 0 Å². The summed E-state index contributed by atoms with van der Waals surface area (Å²) < 4.78 is 18.6. The van der Waals surface area contributed by atoms with Crippen molar-refractivity contribution in [1.82, 2.24) is 4.90 Å². The van der Waals surface area contributed by atoms with Crippen LogP contribution in [-0.4, -0.2) is 48.0 Å². The van der Waals surface area contributed by atoms with Gasteiger partial charge in [0.25, 0.3) is 0 Å².